The van der Waals surface area contributed by atoms with E-state index in [9.17, 15) is 9.50 Å². The van der Waals surface area contributed by atoms with Crippen LogP contribution in [0.2, 0.25) is 5.28 Å². The minimum atomic E-state index is -0.448. The molecular formula is C19H18ClFN4O2. The first-order valence-corrected chi connectivity index (χ1v) is 9.03. The predicted octanol–water partition coefficient (Wildman–Crippen LogP) is 3.20. The number of anilines is 1. The molecule has 1 saturated heterocycles. The fraction of sp³-hybridized carbons (Fsp3) is 0.316. The van der Waals surface area contributed by atoms with Gasteiger partial charge in [0.2, 0.25) is 5.28 Å². The lowest BCUT2D eigenvalue weighted by atomic mass is 10.1. The first-order valence-electron chi connectivity index (χ1n) is 8.65. The third-order valence-electron chi connectivity index (χ3n) is 4.66. The Morgan fingerprint density at radius 2 is 2.11 bits per heavy atom. The Labute approximate surface area is 160 Å². The van der Waals surface area contributed by atoms with Crippen LogP contribution in [0.15, 0.2) is 30.3 Å². The number of hydrogen-bond donors (Lipinski definition) is 1. The molecule has 1 aliphatic rings. The van der Waals surface area contributed by atoms with E-state index in [2.05, 4.69) is 26.8 Å². The van der Waals surface area contributed by atoms with Gasteiger partial charge in [0.1, 0.15) is 11.6 Å². The van der Waals surface area contributed by atoms with Gasteiger partial charge in [0, 0.05) is 17.7 Å². The minimum Gasteiger partial charge on any atom is -0.392 e. The number of aliphatic hydroxyl groups excluding tert-OH is 1. The van der Waals surface area contributed by atoms with Gasteiger partial charge in [-0.2, -0.15) is 9.97 Å². The molecule has 0 unspecified atom stereocenters. The van der Waals surface area contributed by atoms with Crippen LogP contribution in [0.3, 0.4) is 0 Å². The van der Waals surface area contributed by atoms with Gasteiger partial charge in [-0.25, -0.2) is 9.37 Å². The Kier molecular flexibility index (Phi) is 4.90. The number of halogens is 2. The van der Waals surface area contributed by atoms with Gasteiger partial charge in [-0.3, -0.25) is 0 Å². The summed E-state index contributed by atoms with van der Waals surface area (Å²) in [6, 6.07) is 8.42. The van der Waals surface area contributed by atoms with Gasteiger partial charge in [0.05, 0.1) is 36.9 Å². The number of aliphatic hydroxyl groups is 1. The van der Waals surface area contributed by atoms with Crippen molar-refractivity contribution >= 4 is 28.5 Å². The maximum Gasteiger partial charge on any atom is 0.226 e. The molecule has 0 bridgehead atoms. The lowest BCUT2D eigenvalue weighted by Gasteiger charge is -2.34. The van der Waals surface area contributed by atoms with Gasteiger partial charge in [0.25, 0.3) is 0 Å². The molecule has 2 aromatic heterocycles. The summed E-state index contributed by atoms with van der Waals surface area (Å²) in [4.78, 5) is 15.4. The van der Waals surface area contributed by atoms with Crippen LogP contribution in [-0.4, -0.2) is 45.9 Å². The Bertz CT molecular complexity index is 1000. The number of pyridine rings is 1. The van der Waals surface area contributed by atoms with Crippen molar-refractivity contribution in [3.8, 4) is 11.3 Å². The molecule has 0 saturated carbocycles. The second-order valence-electron chi connectivity index (χ2n) is 6.47. The molecule has 3 heterocycles. The standard InChI is InChI=1S/C19H18ClFN4O2/c1-11-10-27-7-6-25(11)18-14-3-5-16(22-17(14)23-19(20)24-18)12-2-4-15(21)13(8-12)9-26/h2-5,8,11,26H,6-7,9-10H2,1H3/t11-/m0/s1. The number of aromatic nitrogens is 3. The SMILES string of the molecule is C[C@H]1COCCN1c1nc(Cl)nc2nc(-c3ccc(F)c(CO)c3)ccc12. The van der Waals surface area contributed by atoms with Crippen molar-refractivity contribution in [3.05, 3.63) is 47.0 Å². The maximum atomic E-state index is 13.7. The van der Waals surface area contributed by atoms with Crippen molar-refractivity contribution in [2.24, 2.45) is 0 Å². The molecule has 27 heavy (non-hydrogen) atoms. The van der Waals surface area contributed by atoms with Crippen LogP contribution in [0, 0.1) is 5.82 Å². The first-order chi connectivity index (χ1) is 13.1. The number of hydrogen-bond acceptors (Lipinski definition) is 6. The van der Waals surface area contributed by atoms with E-state index < -0.39 is 5.82 Å². The average Bonchev–Trinajstić information content (AvgIpc) is 2.67. The predicted molar refractivity (Wildman–Crippen MR) is 101 cm³/mol. The molecule has 1 aliphatic heterocycles. The monoisotopic (exact) mass is 388 g/mol. The summed E-state index contributed by atoms with van der Waals surface area (Å²) in [5, 5.41) is 10.2. The second-order valence-corrected chi connectivity index (χ2v) is 6.80. The fourth-order valence-corrected chi connectivity index (χ4v) is 3.41. The van der Waals surface area contributed by atoms with Crippen LogP contribution in [-0.2, 0) is 11.3 Å². The topological polar surface area (TPSA) is 71.4 Å². The third-order valence-corrected chi connectivity index (χ3v) is 4.83. The molecule has 0 aliphatic carbocycles. The van der Waals surface area contributed by atoms with Gasteiger partial charge in [-0.15, -0.1) is 0 Å². The molecule has 1 atom stereocenters. The van der Waals surface area contributed by atoms with Crippen molar-refractivity contribution in [3.63, 3.8) is 0 Å². The van der Waals surface area contributed by atoms with E-state index >= 15 is 0 Å². The zero-order chi connectivity index (χ0) is 19.0. The normalized spacial score (nSPS) is 17.5. The van der Waals surface area contributed by atoms with E-state index in [0.717, 1.165) is 11.2 Å². The van der Waals surface area contributed by atoms with Crippen LogP contribution in [0.25, 0.3) is 22.3 Å². The number of nitrogens with zero attached hydrogens (tertiary/aromatic N) is 4. The van der Waals surface area contributed by atoms with E-state index in [-0.39, 0.29) is 23.5 Å². The number of morpholine rings is 1. The number of fused-ring (bicyclic) bond motifs is 1. The van der Waals surface area contributed by atoms with Crippen LogP contribution in [0.4, 0.5) is 10.2 Å². The van der Waals surface area contributed by atoms with Crippen LogP contribution >= 0.6 is 11.6 Å². The van der Waals surface area contributed by atoms with Crippen LogP contribution in [0.1, 0.15) is 12.5 Å². The fourth-order valence-electron chi connectivity index (χ4n) is 3.24. The van der Waals surface area contributed by atoms with Gasteiger partial charge >= 0.3 is 0 Å². The van der Waals surface area contributed by atoms with Gasteiger partial charge in [0.15, 0.2) is 5.65 Å². The molecule has 0 spiro atoms. The molecular weight excluding hydrogens is 371 g/mol. The van der Waals surface area contributed by atoms with Gasteiger partial charge in [-0.05, 0) is 48.9 Å². The van der Waals surface area contributed by atoms with Crippen LogP contribution < -0.4 is 4.90 Å². The highest BCUT2D eigenvalue weighted by Crippen LogP contribution is 2.29. The third kappa shape index (κ3) is 3.45. The Balaban J connectivity index is 1.81. The number of ether oxygens (including phenoxy) is 1. The molecule has 1 N–H and O–H groups in total. The summed E-state index contributed by atoms with van der Waals surface area (Å²) >= 11 is 6.15. The van der Waals surface area contributed by atoms with Crippen molar-refractivity contribution in [2.75, 3.05) is 24.7 Å². The number of benzene rings is 1. The summed E-state index contributed by atoms with van der Waals surface area (Å²) in [5.74, 6) is 0.283. The van der Waals surface area contributed by atoms with Crippen LogP contribution in [0.5, 0.6) is 0 Å². The quantitative estimate of drug-likeness (QED) is 0.695. The Morgan fingerprint density at radius 3 is 2.89 bits per heavy atom. The Morgan fingerprint density at radius 1 is 1.26 bits per heavy atom. The van der Waals surface area contributed by atoms with Crippen molar-refractivity contribution in [1.29, 1.82) is 0 Å². The number of rotatable bonds is 3. The molecule has 6 nitrogen and oxygen atoms in total. The summed E-state index contributed by atoms with van der Waals surface area (Å²) < 4.78 is 19.2. The van der Waals surface area contributed by atoms with Gasteiger partial charge in [-0.1, -0.05) is 0 Å². The molecule has 8 heteroatoms. The zero-order valence-corrected chi connectivity index (χ0v) is 15.4. The first kappa shape index (κ1) is 18.0. The summed E-state index contributed by atoms with van der Waals surface area (Å²) in [5.41, 5.74) is 2.00. The van der Waals surface area contributed by atoms with E-state index in [0.29, 0.717) is 36.7 Å². The zero-order valence-electron chi connectivity index (χ0n) is 14.7. The highest BCUT2D eigenvalue weighted by molar-refractivity contribution is 6.28. The summed E-state index contributed by atoms with van der Waals surface area (Å²) in [6.45, 7) is 3.65. The molecule has 0 radical (unpaired) electrons. The van der Waals surface area contributed by atoms with E-state index in [4.69, 9.17) is 16.3 Å². The highest BCUT2D eigenvalue weighted by atomic mass is 35.5. The smallest absolute Gasteiger partial charge is 0.226 e. The summed E-state index contributed by atoms with van der Waals surface area (Å²) in [7, 11) is 0. The molecule has 0 amide bonds. The van der Waals surface area contributed by atoms with Crippen molar-refractivity contribution in [1.82, 2.24) is 15.0 Å². The molecule has 1 fully saturated rings. The van der Waals surface area contributed by atoms with E-state index in [1.807, 2.05) is 12.1 Å². The molecule has 1 aromatic carbocycles. The largest absolute Gasteiger partial charge is 0.392 e. The lowest BCUT2D eigenvalue weighted by molar-refractivity contribution is 0.0987. The van der Waals surface area contributed by atoms with Crippen molar-refractivity contribution in [2.45, 2.75) is 19.6 Å². The second kappa shape index (κ2) is 7.34. The Hall–Kier alpha value is -2.35. The van der Waals surface area contributed by atoms with E-state index in [1.165, 1.54) is 6.07 Å². The van der Waals surface area contributed by atoms with Gasteiger partial charge < -0.3 is 14.7 Å². The van der Waals surface area contributed by atoms with E-state index in [1.54, 1.807) is 12.1 Å². The maximum absolute atomic E-state index is 13.7. The summed E-state index contributed by atoms with van der Waals surface area (Å²) in [6.07, 6.45) is 0. The molecule has 3 aromatic rings. The average molecular weight is 389 g/mol. The molecule has 4 rings (SSSR count). The molecule has 140 valence electrons. The highest BCUT2D eigenvalue weighted by Gasteiger charge is 2.23. The minimum absolute atomic E-state index is 0.121. The van der Waals surface area contributed by atoms with Crippen molar-refractivity contribution < 1.29 is 14.2 Å². The lowest BCUT2D eigenvalue weighted by Crippen LogP contribution is -2.44.